The molecule has 0 bridgehead atoms. The van der Waals surface area contributed by atoms with Gasteiger partial charge in [0, 0.05) is 17.6 Å². The number of nitrogens with zero attached hydrogens (tertiary/aromatic N) is 2. The van der Waals surface area contributed by atoms with E-state index in [9.17, 15) is 4.79 Å². The van der Waals surface area contributed by atoms with E-state index in [1.807, 2.05) is 14.1 Å². The average Bonchev–Trinajstić information content (AvgIpc) is 2.35. The molecule has 20 heavy (non-hydrogen) atoms. The number of hydrogen-bond donors (Lipinski definition) is 3. The largest absolute Gasteiger partial charge is 0.350 e. The van der Waals surface area contributed by atoms with Crippen molar-refractivity contribution < 1.29 is 4.79 Å². The molecule has 1 aromatic heterocycles. The number of aromatic nitrogens is 1. The number of rotatable bonds is 5. The number of likely N-dealkylation sites (N-methyl/N-ethyl adjacent to an activating group) is 1. The molecule has 0 unspecified atom stereocenters. The van der Waals surface area contributed by atoms with Crippen LogP contribution in [-0.2, 0) is 0 Å². The zero-order valence-corrected chi connectivity index (χ0v) is 12.5. The number of anilines is 1. The fraction of sp³-hybridized carbons (Fsp3) is 0.538. The topological polar surface area (TPSA) is 83.3 Å². The minimum atomic E-state index is -0.168. The van der Waals surface area contributed by atoms with E-state index in [1.165, 1.54) is 12.5 Å². The van der Waals surface area contributed by atoms with Crippen LogP contribution in [0.1, 0.15) is 29.6 Å². The van der Waals surface area contributed by atoms with Crippen molar-refractivity contribution in [1.82, 2.24) is 15.2 Å². The van der Waals surface area contributed by atoms with Crippen LogP contribution in [-0.4, -0.2) is 42.0 Å². The summed E-state index contributed by atoms with van der Waals surface area (Å²) < 4.78 is 0. The number of carbonyl (C=O) groups excluding carboxylic acids is 1. The van der Waals surface area contributed by atoms with Gasteiger partial charge in [-0.15, -0.1) is 0 Å². The van der Waals surface area contributed by atoms with Gasteiger partial charge in [-0.25, -0.2) is 10.8 Å². The zero-order valence-electron chi connectivity index (χ0n) is 11.7. The zero-order chi connectivity index (χ0) is 14.8. The minimum Gasteiger partial charge on any atom is -0.350 e. The van der Waals surface area contributed by atoms with Gasteiger partial charge in [-0.05, 0) is 45.5 Å². The van der Waals surface area contributed by atoms with Crippen LogP contribution in [0.5, 0.6) is 0 Å². The molecule has 1 aliphatic rings. The lowest BCUT2D eigenvalue weighted by atomic mass is 9.75. The molecule has 1 amide bonds. The second-order valence-electron chi connectivity index (χ2n) is 5.36. The van der Waals surface area contributed by atoms with Crippen LogP contribution in [0.25, 0.3) is 0 Å². The Balaban J connectivity index is 2.03. The van der Waals surface area contributed by atoms with E-state index < -0.39 is 0 Å². The molecular weight excluding hydrogens is 278 g/mol. The first-order valence-electron chi connectivity index (χ1n) is 6.57. The van der Waals surface area contributed by atoms with E-state index in [0.29, 0.717) is 17.9 Å². The monoisotopic (exact) mass is 297 g/mol. The molecule has 4 N–H and O–H groups in total. The molecule has 0 aliphatic heterocycles. The Hall–Kier alpha value is -1.37. The molecule has 1 saturated carbocycles. The second kappa shape index (κ2) is 5.95. The minimum absolute atomic E-state index is 0.0848. The van der Waals surface area contributed by atoms with E-state index in [-0.39, 0.29) is 16.6 Å². The van der Waals surface area contributed by atoms with Crippen LogP contribution in [0.2, 0.25) is 5.15 Å². The second-order valence-corrected chi connectivity index (χ2v) is 5.75. The summed E-state index contributed by atoms with van der Waals surface area (Å²) in [6, 6.07) is 3.10. The molecule has 0 atom stereocenters. The predicted octanol–water partition coefficient (Wildman–Crippen LogP) is 1.23. The van der Waals surface area contributed by atoms with Crippen molar-refractivity contribution in [3.05, 3.63) is 22.8 Å². The first-order chi connectivity index (χ1) is 9.47. The number of hydrazine groups is 1. The highest BCUT2D eigenvalue weighted by Crippen LogP contribution is 2.35. The number of carbonyl (C=O) groups is 1. The molecule has 2 rings (SSSR count). The lowest BCUT2D eigenvalue weighted by molar-refractivity contribution is 0.0557. The molecule has 0 aromatic carbocycles. The van der Waals surface area contributed by atoms with Gasteiger partial charge >= 0.3 is 0 Å². The molecular formula is C13H20ClN5O. The Labute approximate surface area is 123 Å². The number of hydrogen-bond acceptors (Lipinski definition) is 5. The predicted molar refractivity (Wildman–Crippen MR) is 79.7 cm³/mol. The fourth-order valence-electron chi connectivity index (χ4n) is 2.42. The Morgan fingerprint density at radius 1 is 1.50 bits per heavy atom. The lowest BCUT2D eigenvalue weighted by Gasteiger charge is -2.47. The van der Waals surface area contributed by atoms with E-state index in [4.69, 9.17) is 17.4 Å². The van der Waals surface area contributed by atoms with E-state index >= 15 is 0 Å². The van der Waals surface area contributed by atoms with Gasteiger partial charge in [0.2, 0.25) is 0 Å². The molecule has 0 spiro atoms. The molecule has 1 aromatic rings. The van der Waals surface area contributed by atoms with Crippen LogP contribution in [0.15, 0.2) is 12.1 Å². The van der Waals surface area contributed by atoms with Crippen molar-refractivity contribution in [3.63, 3.8) is 0 Å². The third-order valence-electron chi connectivity index (χ3n) is 4.02. The third kappa shape index (κ3) is 3.03. The molecule has 6 nitrogen and oxygen atoms in total. The van der Waals surface area contributed by atoms with Crippen LogP contribution < -0.4 is 16.6 Å². The number of pyridine rings is 1. The molecule has 1 heterocycles. The van der Waals surface area contributed by atoms with Crippen LogP contribution in [0.3, 0.4) is 0 Å². The number of nitrogens with two attached hydrogens (primary N) is 1. The number of nitrogen functional groups attached to an aromatic ring is 1. The first-order valence-corrected chi connectivity index (χ1v) is 6.94. The average molecular weight is 298 g/mol. The van der Waals surface area contributed by atoms with Gasteiger partial charge in [-0.1, -0.05) is 11.6 Å². The Kier molecular flexibility index (Phi) is 4.47. The fourth-order valence-corrected chi connectivity index (χ4v) is 2.62. The standard InChI is InChI=1S/C13H20ClN5O/c1-19(2)13(4-3-5-13)8-16-12(20)9-6-10(14)17-11(7-9)18-15/h6-7H,3-5,8,15H2,1-2H3,(H,16,20)(H,17,18). The maximum atomic E-state index is 12.2. The molecule has 1 fully saturated rings. The first kappa shape index (κ1) is 15.0. The van der Waals surface area contributed by atoms with Crippen molar-refractivity contribution in [3.8, 4) is 0 Å². The third-order valence-corrected chi connectivity index (χ3v) is 4.21. The van der Waals surface area contributed by atoms with Gasteiger partial charge in [-0.2, -0.15) is 0 Å². The van der Waals surface area contributed by atoms with Crippen molar-refractivity contribution in [2.45, 2.75) is 24.8 Å². The lowest BCUT2D eigenvalue weighted by Crippen LogP contribution is -2.57. The molecule has 110 valence electrons. The van der Waals surface area contributed by atoms with Gasteiger partial charge in [0.05, 0.1) is 0 Å². The molecule has 7 heteroatoms. The van der Waals surface area contributed by atoms with Crippen molar-refractivity contribution in [2.75, 3.05) is 26.1 Å². The van der Waals surface area contributed by atoms with E-state index in [1.54, 1.807) is 6.07 Å². The van der Waals surface area contributed by atoms with Gasteiger partial charge in [-0.3, -0.25) is 4.79 Å². The summed E-state index contributed by atoms with van der Waals surface area (Å²) in [6.07, 6.45) is 3.41. The summed E-state index contributed by atoms with van der Waals surface area (Å²) in [6.45, 7) is 0.629. The SMILES string of the molecule is CN(C)C1(CNC(=O)c2cc(Cl)nc(NN)c2)CCC1. The van der Waals surface area contributed by atoms with Crippen LogP contribution >= 0.6 is 11.6 Å². The van der Waals surface area contributed by atoms with Crippen molar-refractivity contribution in [1.29, 1.82) is 0 Å². The maximum Gasteiger partial charge on any atom is 0.251 e. The Morgan fingerprint density at radius 2 is 2.20 bits per heavy atom. The molecule has 0 saturated heterocycles. The summed E-state index contributed by atoms with van der Waals surface area (Å²) in [5, 5.41) is 3.20. The summed E-state index contributed by atoms with van der Waals surface area (Å²) in [5.74, 6) is 5.49. The van der Waals surface area contributed by atoms with E-state index in [0.717, 1.165) is 12.8 Å². The van der Waals surface area contributed by atoms with Gasteiger partial charge in [0.25, 0.3) is 5.91 Å². The number of nitrogens with one attached hydrogen (secondary N) is 2. The van der Waals surface area contributed by atoms with E-state index in [2.05, 4.69) is 20.6 Å². The van der Waals surface area contributed by atoms with Gasteiger partial charge in [0.1, 0.15) is 11.0 Å². The highest BCUT2D eigenvalue weighted by Gasteiger charge is 2.39. The Morgan fingerprint density at radius 3 is 2.70 bits per heavy atom. The highest BCUT2D eigenvalue weighted by atomic mass is 35.5. The van der Waals surface area contributed by atoms with Crippen molar-refractivity contribution in [2.24, 2.45) is 5.84 Å². The summed E-state index contributed by atoms with van der Waals surface area (Å²) in [4.78, 5) is 18.3. The summed E-state index contributed by atoms with van der Waals surface area (Å²) in [5.41, 5.74) is 2.93. The normalized spacial score (nSPS) is 16.6. The van der Waals surface area contributed by atoms with Gasteiger partial charge < -0.3 is 15.6 Å². The van der Waals surface area contributed by atoms with Crippen molar-refractivity contribution >= 4 is 23.3 Å². The maximum absolute atomic E-state index is 12.2. The van der Waals surface area contributed by atoms with Crippen LogP contribution in [0.4, 0.5) is 5.82 Å². The number of amides is 1. The smallest absolute Gasteiger partial charge is 0.251 e. The Bertz CT molecular complexity index is 502. The molecule has 1 aliphatic carbocycles. The highest BCUT2D eigenvalue weighted by molar-refractivity contribution is 6.29. The number of halogens is 1. The summed E-state index contributed by atoms with van der Waals surface area (Å²) >= 11 is 5.86. The van der Waals surface area contributed by atoms with Crippen LogP contribution in [0, 0.1) is 0 Å². The van der Waals surface area contributed by atoms with Gasteiger partial charge in [0.15, 0.2) is 0 Å². The quantitative estimate of drug-likeness (QED) is 0.433. The molecule has 0 radical (unpaired) electrons. The summed E-state index contributed by atoms with van der Waals surface area (Å²) in [7, 11) is 4.09.